The lowest BCUT2D eigenvalue weighted by atomic mass is 10.1. The molecule has 1 heterocycles. The minimum atomic E-state index is -3.90. The predicted octanol–water partition coefficient (Wildman–Crippen LogP) is 3.42. The van der Waals surface area contributed by atoms with Gasteiger partial charge in [-0.3, -0.25) is 4.79 Å². The first-order valence-corrected chi connectivity index (χ1v) is 13.3. The van der Waals surface area contributed by atoms with Crippen LogP contribution in [0.3, 0.4) is 0 Å². The topological polar surface area (TPSA) is 70.2 Å². The Bertz CT molecular complexity index is 1240. The highest BCUT2D eigenvalue weighted by molar-refractivity contribution is 7.89. The molecule has 0 unspecified atom stereocenters. The van der Waals surface area contributed by atoms with Gasteiger partial charge in [-0.05, 0) is 60.5 Å². The molecular weight excluding hydrogens is 481 g/mol. The lowest BCUT2D eigenvalue weighted by Crippen LogP contribution is -2.52. The van der Waals surface area contributed by atoms with Gasteiger partial charge < -0.3 is 14.5 Å². The van der Waals surface area contributed by atoms with Gasteiger partial charge in [0, 0.05) is 38.4 Å². The van der Waals surface area contributed by atoms with Crippen LogP contribution in [0, 0.1) is 5.82 Å². The van der Waals surface area contributed by atoms with Crippen molar-refractivity contribution in [2.75, 3.05) is 51.3 Å². The molecule has 0 aromatic heterocycles. The van der Waals surface area contributed by atoms with Crippen LogP contribution in [0.4, 0.5) is 10.1 Å². The van der Waals surface area contributed by atoms with E-state index in [1.54, 1.807) is 29.2 Å². The number of ether oxygens (including phenoxy) is 1. The van der Waals surface area contributed by atoms with Crippen LogP contribution in [-0.2, 0) is 21.2 Å². The zero-order valence-corrected chi connectivity index (χ0v) is 21.0. The van der Waals surface area contributed by atoms with Crippen LogP contribution in [0.2, 0.25) is 0 Å². The first-order chi connectivity index (χ1) is 17.4. The van der Waals surface area contributed by atoms with Crippen molar-refractivity contribution < 1.29 is 22.3 Å². The van der Waals surface area contributed by atoms with Crippen molar-refractivity contribution in [2.24, 2.45) is 0 Å². The van der Waals surface area contributed by atoms with Crippen LogP contribution in [0.1, 0.15) is 5.56 Å². The number of benzene rings is 3. The molecule has 1 saturated heterocycles. The van der Waals surface area contributed by atoms with Gasteiger partial charge in [-0.1, -0.05) is 30.3 Å². The van der Waals surface area contributed by atoms with Gasteiger partial charge in [0.25, 0.3) is 0 Å². The molecule has 190 valence electrons. The molecule has 1 fully saturated rings. The highest BCUT2D eigenvalue weighted by Crippen LogP contribution is 2.21. The summed E-state index contributed by atoms with van der Waals surface area (Å²) in [6, 6.07) is 22.1. The number of nitrogens with zero attached hydrogens (tertiary/aromatic N) is 3. The summed E-state index contributed by atoms with van der Waals surface area (Å²) in [6.45, 7) is 2.05. The Morgan fingerprint density at radius 2 is 1.56 bits per heavy atom. The number of methoxy groups -OCH3 is 1. The Labute approximate surface area is 211 Å². The third kappa shape index (κ3) is 6.22. The van der Waals surface area contributed by atoms with Gasteiger partial charge in [-0.15, -0.1) is 0 Å². The SMILES string of the molecule is COc1ccc(S(=O)(=O)N(CCc2ccccc2)CC(=O)N2CCN(c3ccc(F)cc3)CC2)cc1. The summed E-state index contributed by atoms with van der Waals surface area (Å²) in [4.78, 5) is 17.1. The minimum Gasteiger partial charge on any atom is -0.497 e. The van der Waals surface area contributed by atoms with E-state index in [9.17, 15) is 17.6 Å². The maximum atomic E-state index is 13.5. The number of carbonyl (C=O) groups excluding carboxylic acids is 1. The molecule has 0 radical (unpaired) electrons. The summed E-state index contributed by atoms with van der Waals surface area (Å²) >= 11 is 0. The molecule has 0 saturated carbocycles. The number of hydrogen-bond acceptors (Lipinski definition) is 5. The highest BCUT2D eigenvalue weighted by atomic mass is 32.2. The van der Waals surface area contributed by atoms with E-state index in [4.69, 9.17) is 4.74 Å². The third-order valence-corrected chi connectivity index (χ3v) is 8.19. The molecule has 0 bridgehead atoms. The normalized spacial score (nSPS) is 14.2. The van der Waals surface area contributed by atoms with Crippen molar-refractivity contribution in [2.45, 2.75) is 11.3 Å². The molecule has 1 aliphatic heterocycles. The van der Waals surface area contributed by atoms with Crippen molar-refractivity contribution in [3.8, 4) is 5.75 Å². The lowest BCUT2D eigenvalue weighted by molar-refractivity contribution is -0.131. The average molecular weight is 512 g/mol. The summed E-state index contributed by atoms with van der Waals surface area (Å²) < 4.78 is 46.7. The van der Waals surface area contributed by atoms with Gasteiger partial charge in [0.05, 0.1) is 18.6 Å². The Kier molecular flexibility index (Phi) is 8.22. The maximum Gasteiger partial charge on any atom is 0.243 e. The van der Waals surface area contributed by atoms with E-state index in [2.05, 4.69) is 4.90 Å². The Hall–Kier alpha value is -3.43. The number of sulfonamides is 1. The molecule has 0 atom stereocenters. The summed E-state index contributed by atoms with van der Waals surface area (Å²) in [5.41, 5.74) is 1.89. The molecule has 0 spiro atoms. The van der Waals surface area contributed by atoms with Crippen LogP contribution in [-0.4, -0.2) is 69.9 Å². The smallest absolute Gasteiger partial charge is 0.243 e. The molecule has 0 N–H and O–H groups in total. The second-order valence-electron chi connectivity index (χ2n) is 8.59. The zero-order chi connectivity index (χ0) is 25.5. The van der Waals surface area contributed by atoms with E-state index in [0.29, 0.717) is 38.3 Å². The largest absolute Gasteiger partial charge is 0.497 e. The summed E-state index contributed by atoms with van der Waals surface area (Å²) in [7, 11) is -2.39. The molecule has 3 aromatic carbocycles. The Morgan fingerprint density at radius 1 is 0.917 bits per heavy atom. The van der Waals surface area contributed by atoms with Crippen molar-refractivity contribution in [3.63, 3.8) is 0 Å². The fourth-order valence-electron chi connectivity index (χ4n) is 4.20. The van der Waals surface area contributed by atoms with Crippen LogP contribution >= 0.6 is 0 Å². The van der Waals surface area contributed by atoms with Crippen molar-refractivity contribution in [3.05, 3.63) is 90.2 Å². The van der Waals surface area contributed by atoms with Crippen molar-refractivity contribution in [1.82, 2.24) is 9.21 Å². The number of carbonyl (C=O) groups is 1. The van der Waals surface area contributed by atoms with Crippen LogP contribution in [0.15, 0.2) is 83.8 Å². The molecule has 9 heteroatoms. The second-order valence-corrected chi connectivity index (χ2v) is 10.5. The quantitative estimate of drug-likeness (QED) is 0.440. The highest BCUT2D eigenvalue weighted by Gasteiger charge is 2.30. The Balaban J connectivity index is 1.46. The molecule has 7 nitrogen and oxygen atoms in total. The summed E-state index contributed by atoms with van der Waals surface area (Å²) in [6.07, 6.45) is 0.488. The molecule has 3 aromatic rings. The number of piperazine rings is 1. The fourth-order valence-corrected chi connectivity index (χ4v) is 5.59. The summed E-state index contributed by atoms with van der Waals surface area (Å²) in [5, 5.41) is 0. The fraction of sp³-hybridized carbons (Fsp3) is 0.296. The molecule has 1 aliphatic rings. The second kappa shape index (κ2) is 11.5. The van der Waals surface area contributed by atoms with Gasteiger partial charge in [0.15, 0.2) is 0 Å². The number of amides is 1. The van der Waals surface area contributed by atoms with Crippen LogP contribution in [0.25, 0.3) is 0 Å². The standard InChI is InChI=1S/C27H30FN3O4S/c1-35-25-11-13-26(14-12-25)36(33,34)31(16-15-22-5-3-2-4-6-22)21-27(32)30-19-17-29(18-20-30)24-9-7-23(28)8-10-24/h2-14H,15-21H2,1H3. The van der Waals surface area contributed by atoms with E-state index in [-0.39, 0.29) is 29.7 Å². The average Bonchev–Trinajstić information content (AvgIpc) is 2.92. The summed E-state index contributed by atoms with van der Waals surface area (Å²) in [5.74, 6) is 0.0278. The van der Waals surface area contributed by atoms with E-state index in [1.165, 1.54) is 35.7 Å². The minimum absolute atomic E-state index is 0.116. The van der Waals surface area contributed by atoms with Gasteiger partial charge in [-0.2, -0.15) is 4.31 Å². The number of halogens is 1. The zero-order valence-electron chi connectivity index (χ0n) is 20.2. The molecule has 36 heavy (non-hydrogen) atoms. The number of anilines is 1. The maximum absolute atomic E-state index is 13.5. The van der Waals surface area contributed by atoms with E-state index < -0.39 is 10.0 Å². The van der Waals surface area contributed by atoms with E-state index in [1.807, 2.05) is 30.3 Å². The van der Waals surface area contributed by atoms with Crippen LogP contribution in [0.5, 0.6) is 5.75 Å². The first-order valence-electron chi connectivity index (χ1n) is 11.8. The first kappa shape index (κ1) is 25.7. The van der Waals surface area contributed by atoms with Gasteiger partial charge in [-0.25, -0.2) is 12.8 Å². The number of rotatable bonds is 9. The number of hydrogen-bond donors (Lipinski definition) is 0. The van der Waals surface area contributed by atoms with E-state index in [0.717, 1.165) is 11.3 Å². The van der Waals surface area contributed by atoms with Gasteiger partial charge in [0.1, 0.15) is 11.6 Å². The van der Waals surface area contributed by atoms with Gasteiger partial charge in [0.2, 0.25) is 15.9 Å². The third-order valence-electron chi connectivity index (χ3n) is 6.33. The van der Waals surface area contributed by atoms with Crippen LogP contribution < -0.4 is 9.64 Å². The molecular formula is C27H30FN3O4S. The Morgan fingerprint density at radius 3 is 2.17 bits per heavy atom. The monoisotopic (exact) mass is 511 g/mol. The predicted molar refractivity (Wildman–Crippen MR) is 137 cm³/mol. The van der Waals surface area contributed by atoms with E-state index >= 15 is 0 Å². The molecule has 0 aliphatic carbocycles. The van der Waals surface area contributed by atoms with Crippen molar-refractivity contribution >= 4 is 21.6 Å². The van der Waals surface area contributed by atoms with Gasteiger partial charge >= 0.3 is 0 Å². The van der Waals surface area contributed by atoms with Crippen molar-refractivity contribution in [1.29, 1.82) is 0 Å². The molecule has 4 rings (SSSR count). The lowest BCUT2D eigenvalue weighted by Gasteiger charge is -2.37. The molecule has 1 amide bonds.